The van der Waals surface area contributed by atoms with Gasteiger partial charge in [-0.1, -0.05) is 0 Å². The first-order chi connectivity index (χ1) is 9.55. The van der Waals surface area contributed by atoms with Crippen molar-refractivity contribution in [3.05, 3.63) is 12.7 Å². The minimum absolute atomic E-state index is 0.185. The van der Waals surface area contributed by atoms with E-state index >= 15 is 0 Å². The van der Waals surface area contributed by atoms with Gasteiger partial charge >= 0.3 is 0 Å². The van der Waals surface area contributed by atoms with Crippen molar-refractivity contribution in [3.63, 3.8) is 0 Å². The Kier molecular flexibility index (Phi) is 2.15. The van der Waals surface area contributed by atoms with Gasteiger partial charge in [-0.3, -0.25) is 4.57 Å². The van der Waals surface area contributed by atoms with Crippen molar-refractivity contribution < 1.29 is 18.6 Å². The van der Waals surface area contributed by atoms with E-state index < -0.39 is 36.7 Å². The highest BCUT2D eigenvalue weighted by atomic mass is 19.3. The van der Waals surface area contributed by atoms with Gasteiger partial charge in [-0.15, -0.1) is 0 Å². The fraction of sp³-hybridized carbons (Fsp3) is 0.545. The number of fused-ring (bicyclic) bond motifs is 2. The zero-order valence-corrected chi connectivity index (χ0v) is 10.1. The van der Waals surface area contributed by atoms with Crippen molar-refractivity contribution in [2.45, 2.75) is 18.3 Å². The second kappa shape index (κ2) is 3.61. The lowest BCUT2D eigenvalue weighted by molar-refractivity contribution is -0.104. The van der Waals surface area contributed by atoms with Gasteiger partial charge in [-0.05, 0) is 0 Å². The third-order valence-electron chi connectivity index (χ3n) is 4.03. The Hall–Kier alpha value is -1.87. The topological polar surface area (TPSA) is 99.1 Å². The lowest BCUT2D eigenvalue weighted by Crippen LogP contribution is -2.26. The second-order valence-electron chi connectivity index (χ2n) is 5.06. The number of aromatic nitrogens is 4. The summed E-state index contributed by atoms with van der Waals surface area (Å²) in [4.78, 5) is 11.9. The molecule has 1 aliphatic carbocycles. The van der Waals surface area contributed by atoms with Crippen LogP contribution in [0.4, 0.5) is 14.6 Å². The molecule has 0 aromatic carbocycles. The van der Waals surface area contributed by atoms with E-state index in [0.717, 1.165) is 0 Å². The predicted octanol–water partition coefficient (Wildman–Crippen LogP) is 0.179. The van der Waals surface area contributed by atoms with Gasteiger partial charge in [0.25, 0.3) is 5.92 Å². The van der Waals surface area contributed by atoms with E-state index in [1.165, 1.54) is 17.2 Å². The third kappa shape index (κ3) is 1.31. The quantitative estimate of drug-likeness (QED) is 0.815. The van der Waals surface area contributed by atoms with Crippen LogP contribution in [0.25, 0.3) is 11.2 Å². The molecule has 2 fully saturated rings. The summed E-state index contributed by atoms with van der Waals surface area (Å²) in [6, 6.07) is 0. The number of halogens is 2. The standard InChI is InChI=1S/C11H11F2N5O2/c12-11(13)5-4(1-19)20-10(6(5)11)18-3-17-7-8(14)15-2-16-9(7)18/h2-6,10,19H,1H2,(H2,14,15,16)/t4-,5+,6+,10-/m1/s1. The SMILES string of the molecule is Nc1ncnc2c1ncn2[C@@H]1O[C@H](CO)[C@H]2[C@@H]1C2(F)F. The molecule has 1 saturated carbocycles. The highest BCUT2D eigenvalue weighted by molar-refractivity contribution is 5.81. The summed E-state index contributed by atoms with van der Waals surface area (Å²) < 4.78 is 34.4. The van der Waals surface area contributed by atoms with Crippen molar-refractivity contribution >= 4 is 17.0 Å². The molecule has 0 amide bonds. The average molecular weight is 283 g/mol. The van der Waals surface area contributed by atoms with E-state index in [1.54, 1.807) is 0 Å². The van der Waals surface area contributed by atoms with E-state index in [9.17, 15) is 8.78 Å². The van der Waals surface area contributed by atoms with Crippen LogP contribution in [0.3, 0.4) is 0 Å². The molecule has 0 radical (unpaired) electrons. The molecule has 2 aromatic rings. The fourth-order valence-electron chi connectivity index (χ4n) is 3.02. The first-order valence-electron chi connectivity index (χ1n) is 6.13. The molecule has 106 valence electrons. The normalized spacial score (nSPS) is 34.4. The minimum atomic E-state index is -2.83. The molecule has 1 saturated heterocycles. The Morgan fingerprint density at radius 1 is 1.35 bits per heavy atom. The molecule has 4 rings (SSSR count). The number of nitrogens with two attached hydrogens (primary N) is 1. The summed E-state index contributed by atoms with van der Waals surface area (Å²) in [5.41, 5.74) is 6.36. The first-order valence-corrected chi connectivity index (χ1v) is 6.13. The van der Waals surface area contributed by atoms with Crippen molar-refractivity contribution in [2.24, 2.45) is 11.8 Å². The number of aliphatic hydroxyl groups is 1. The summed E-state index contributed by atoms with van der Waals surface area (Å²) in [5.74, 6) is -4.56. The molecule has 3 heterocycles. The number of rotatable bonds is 2. The maximum absolute atomic E-state index is 13.7. The average Bonchev–Trinajstić information content (AvgIpc) is 2.81. The molecule has 7 nitrogen and oxygen atoms in total. The van der Waals surface area contributed by atoms with Gasteiger partial charge in [0, 0.05) is 0 Å². The van der Waals surface area contributed by atoms with E-state index in [2.05, 4.69) is 15.0 Å². The van der Waals surface area contributed by atoms with Gasteiger partial charge in [0.1, 0.15) is 18.1 Å². The Morgan fingerprint density at radius 2 is 2.15 bits per heavy atom. The van der Waals surface area contributed by atoms with E-state index in [-0.39, 0.29) is 5.82 Å². The van der Waals surface area contributed by atoms with Crippen LogP contribution in [-0.2, 0) is 4.74 Å². The molecule has 2 aromatic heterocycles. The lowest BCUT2D eigenvalue weighted by atomic mass is 10.2. The van der Waals surface area contributed by atoms with Gasteiger partial charge in [0.05, 0.1) is 30.9 Å². The summed E-state index contributed by atoms with van der Waals surface area (Å²) in [6.45, 7) is -0.434. The first kappa shape index (κ1) is 11.9. The van der Waals surface area contributed by atoms with Gasteiger partial charge < -0.3 is 15.6 Å². The summed E-state index contributed by atoms with van der Waals surface area (Å²) in [5, 5.41) is 9.14. The number of aliphatic hydroxyl groups excluding tert-OH is 1. The van der Waals surface area contributed by atoms with Gasteiger partial charge in [0.2, 0.25) is 0 Å². The second-order valence-corrected chi connectivity index (χ2v) is 5.06. The van der Waals surface area contributed by atoms with Crippen LogP contribution in [0.1, 0.15) is 6.23 Å². The Bertz CT molecular complexity index is 691. The number of nitrogen functional groups attached to an aromatic ring is 1. The van der Waals surface area contributed by atoms with Gasteiger partial charge in [-0.25, -0.2) is 23.7 Å². The summed E-state index contributed by atoms with van der Waals surface area (Å²) in [6.07, 6.45) is 0.852. The Morgan fingerprint density at radius 3 is 2.85 bits per heavy atom. The zero-order chi connectivity index (χ0) is 14.1. The van der Waals surface area contributed by atoms with E-state index in [0.29, 0.717) is 11.2 Å². The van der Waals surface area contributed by atoms with Gasteiger partial charge in [0.15, 0.2) is 11.5 Å². The van der Waals surface area contributed by atoms with Crippen molar-refractivity contribution in [3.8, 4) is 0 Å². The highest BCUT2D eigenvalue weighted by Crippen LogP contribution is 2.67. The monoisotopic (exact) mass is 283 g/mol. The smallest absolute Gasteiger partial charge is 0.261 e. The number of alkyl halides is 2. The molecule has 4 atom stereocenters. The van der Waals surface area contributed by atoms with E-state index in [4.69, 9.17) is 15.6 Å². The molecular weight excluding hydrogens is 272 g/mol. The van der Waals surface area contributed by atoms with Crippen molar-refractivity contribution in [1.82, 2.24) is 19.5 Å². The molecule has 1 aliphatic heterocycles. The molecule has 20 heavy (non-hydrogen) atoms. The number of hydrogen-bond acceptors (Lipinski definition) is 6. The minimum Gasteiger partial charge on any atom is -0.394 e. The van der Waals surface area contributed by atoms with Crippen LogP contribution in [0.5, 0.6) is 0 Å². The van der Waals surface area contributed by atoms with Crippen molar-refractivity contribution in [2.75, 3.05) is 12.3 Å². The number of ether oxygens (including phenoxy) is 1. The molecule has 3 N–H and O–H groups in total. The number of imidazole rings is 1. The van der Waals surface area contributed by atoms with Gasteiger partial charge in [-0.2, -0.15) is 0 Å². The third-order valence-corrected chi connectivity index (χ3v) is 4.03. The Labute approximate surface area is 111 Å². The Balaban J connectivity index is 1.79. The molecule has 2 aliphatic rings. The molecule has 0 spiro atoms. The van der Waals surface area contributed by atoms with Crippen molar-refractivity contribution in [1.29, 1.82) is 0 Å². The highest BCUT2D eigenvalue weighted by Gasteiger charge is 2.78. The van der Waals surface area contributed by atoms with Crippen LogP contribution in [0.15, 0.2) is 12.7 Å². The number of nitrogens with zero attached hydrogens (tertiary/aromatic N) is 4. The zero-order valence-electron chi connectivity index (χ0n) is 10.1. The number of anilines is 1. The van der Waals surface area contributed by atoms with Crippen LogP contribution < -0.4 is 5.73 Å². The molecular formula is C11H11F2N5O2. The largest absolute Gasteiger partial charge is 0.394 e. The van der Waals surface area contributed by atoms with Crippen LogP contribution >= 0.6 is 0 Å². The maximum Gasteiger partial charge on any atom is 0.261 e. The fourth-order valence-corrected chi connectivity index (χ4v) is 3.02. The molecule has 9 heteroatoms. The predicted molar refractivity (Wildman–Crippen MR) is 62.7 cm³/mol. The molecule has 0 bridgehead atoms. The number of hydrogen-bond donors (Lipinski definition) is 2. The lowest BCUT2D eigenvalue weighted by Gasteiger charge is -2.20. The summed E-state index contributed by atoms with van der Waals surface area (Å²) >= 11 is 0. The van der Waals surface area contributed by atoms with Crippen LogP contribution in [0, 0.1) is 11.8 Å². The van der Waals surface area contributed by atoms with E-state index in [1.807, 2.05) is 0 Å². The molecule has 0 unspecified atom stereocenters. The van der Waals surface area contributed by atoms with Crippen LogP contribution in [0.2, 0.25) is 0 Å². The summed E-state index contributed by atoms with van der Waals surface area (Å²) in [7, 11) is 0. The maximum atomic E-state index is 13.7. The van der Waals surface area contributed by atoms with Crippen LogP contribution in [-0.4, -0.2) is 43.3 Å².